The van der Waals surface area contributed by atoms with Crippen molar-refractivity contribution in [2.75, 3.05) is 0 Å². The van der Waals surface area contributed by atoms with Gasteiger partial charge in [0.2, 0.25) is 0 Å². The van der Waals surface area contributed by atoms with Gasteiger partial charge in [-0.3, -0.25) is 0 Å². The van der Waals surface area contributed by atoms with E-state index in [1.165, 1.54) is 81.1 Å². The molecule has 9 rings (SSSR count). The van der Waals surface area contributed by atoms with Gasteiger partial charge in [-0.2, -0.15) is 0 Å². The first kappa shape index (κ1) is 14.4. The van der Waals surface area contributed by atoms with Crippen LogP contribution < -0.4 is 0 Å². The molecule has 8 aromatic carbocycles. The molecule has 0 amide bonds. The zero-order chi connectivity index (χ0) is 19.3. The maximum atomic E-state index is 2.37. The van der Waals surface area contributed by atoms with E-state index in [0.29, 0.717) is 0 Å². The molecule has 0 spiro atoms. The Bertz CT molecular complexity index is 1980. The average molecular weight is 376 g/mol. The van der Waals surface area contributed by atoms with Gasteiger partial charge in [-0.05, 0) is 105 Å². The van der Waals surface area contributed by atoms with Crippen molar-refractivity contribution >= 4 is 75.4 Å². The van der Waals surface area contributed by atoms with Gasteiger partial charge in [0.25, 0.3) is 0 Å². The molecule has 0 atom stereocenters. The molecule has 0 aromatic heterocycles. The third-order valence-electron chi connectivity index (χ3n) is 8.11. The molecular weight excluding hydrogens is 360 g/mol. The Balaban J connectivity index is 1.86. The van der Waals surface area contributed by atoms with E-state index >= 15 is 0 Å². The van der Waals surface area contributed by atoms with Gasteiger partial charge in [-0.25, -0.2) is 0 Å². The molecule has 1 aliphatic rings. The molecule has 1 aliphatic carbocycles. The van der Waals surface area contributed by atoms with Crippen LogP contribution in [0.1, 0.15) is 16.7 Å². The molecule has 136 valence electrons. The average Bonchev–Trinajstić information content (AvgIpc) is 3.34. The number of fused-ring (bicyclic) bond motifs is 4. The van der Waals surface area contributed by atoms with Crippen LogP contribution in [0.5, 0.6) is 0 Å². The first-order chi connectivity index (χ1) is 14.8. The lowest BCUT2D eigenvalue weighted by Crippen LogP contribution is -1.91. The summed E-state index contributed by atoms with van der Waals surface area (Å²) in [6.07, 6.45) is 1.06. The van der Waals surface area contributed by atoms with E-state index in [9.17, 15) is 0 Å². The van der Waals surface area contributed by atoms with Crippen molar-refractivity contribution in [1.82, 2.24) is 0 Å². The second-order valence-corrected chi connectivity index (χ2v) is 9.24. The summed E-state index contributed by atoms with van der Waals surface area (Å²) in [5.74, 6) is 0. The highest BCUT2D eigenvalue weighted by atomic mass is 14.3. The molecule has 0 nitrogen and oxygen atoms in total. The zero-order valence-corrected chi connectivity index (χ0v) is 16.6. The van der Waals surface area contributed by atoms with Crippen LogP contribution in [0.3, 0.4) is 0 Å². The van der Waals surface area contributed by atoms with Crippen LogP contribution in [0.15, 0.2) is 66.7 Å². The Kier molecular flexibility index (Phi) is 2.04. The molecule has 0 aliphatic heterocycles. The molecule has 0 saturated heterocycles. The molecule has 0 saturated carbocycles. The predicted molar refractivity (Wildman–Crippen MR) is 130 cm³/mol. The molecular formula is C30H16. The minimum absolute atomic E-state index is 1.06. The number of rotatable bonds is 0. The van der Waals surface area contributed by atoms with E-state index in [2.05, 4.69) is 73.7 Å². The van der Waals surface area contributed by atoms with Gasteiger partial charge >= 0.3 is 0 Å². The van der Waals surface area contributed by atoms with E-state index in [-0.39, 0.29) is 0 Å². The van der Waals surface area contributed by atoms with E-state index in [1.54, 1.807) is 10.9 Å². The first-order valence-electron chi connectivity index (χ1n) is 10.8. The number of hydrogen-bond acceptors (Lipinski definition) is 0. The maximum absolute atomic E-state index is 2.37. The van der Waals surface area contributed by atoms with Gasteiger partial charge in [0.15, 0.2) is 0 Å². The summed E-state index contributed by atoms with van der Waals surface area (Å²) in [5, 5.41) is 20.5. The highest BCUT2D eigenvalue weighted by Gasteiger charge is 2.30. The highest BCUT2D eigenvalue weighted by molar-refractivity contribution is 6.52. The SMILES string of the molecule is Cc1c2c3c4c(cccc4c4ccc5ccc6c7ccccc7c1c1c6c5c4c31)C2. The topological polar surface area (TPSA) is 0 Å². The molecule has 0 bridgehead atoms. The van der Waals surface area contributed by atoms with Crippen LogP contribution in [-0.4, -0.2) is 0 Å². The molecule has 0 radical (unpaired) electrons. The minimum atomic E-state index is 1.06. The normalized spacial score (nSPS) is 14.0. The fraction of sp³-hybridized carbons (Fsp3) is 0.0667. The molecule has 0 heteroatoms. The third kappa shape index (κ3) is 1.24. The van der Waals surface area contributed by atoms with Gasteiger partial charge < -0.3 is 0 Å². The zero-order valence-electron chi connectivity index (χ0n) is 16.6. The van der Waals surface area contributed by atoms with Crippen molar-refractivity contribution in [3.63, 3.8) is 0 Å². The van der Waals surface area contributed by atoms with Crippen molar-refractivity contribution in [2.45, 2.75) is 13.3 Å². The number of aryl methyl sites for hydroxylation is 1. The Morgan fingerprint density at radius 1 is 0.467 bits per heavy atom. The fourth-order valence-electron chi connectivity index (χ4n) is 7.04. The Morgan fingerprint density at radius 2 is 1.10 bits per heavy atom. The molecule has 0 N–H and O–H groups in total. The van der Waals surface area contributed by atoms with Gasteiger partial charge in [0.05, 0.1) is 0 Å². The van der Waals surface area contributed by atoms with Gasteiger partial charge in [0, 0.05) is 0 Å². The third-order valence-corrected chi connectivity index (χ3v) is 8.11. The Hall–Kier alpha value is -3.64. The van der Waals surface area contributed by atoms with Crippen molar-refractivity contribution in [3.05, 3.63) is 83.4 Å². The quantitative estimate of drug-likeness (QED) is 0.234. The van der Waals surface area contributed by atoms with Gasteiger partial charge in [-0.1, -0.05) is 66.7 Å². The van der Waals surface area contributed by atoms with Crippen molar-refractivity contribution < 1.29 is 0 Å². The van der Waals surface area contributed by atoms with Crippen molar-refractivity contribution in [1.29, 1.82) is 0 Å². The minimum Gasteiger partial charge on any atom is -0.0616 e. The van der Waals surface area contributed by atoms with Crippen molar-refractivity contribution in [2.24, 2.45) is 0 Å². The molecule has 0 fully saturated rings. The monoisotopic (exact) mass is 376 g/mol. The van der Waals surface area contributed by atoms with Crippen LogP contribution in [0.4, 0.5) is 0 Å². The molecule has 0 unspecified atom stereocenters. The van der Waals surface area contributed by atoms with E-state index in [4.69, 9.17) is 0 Å². The van der Waals surface area contributed by atoms with Crippen LogP contribution in [0.25, 0.3) is 75.4 Å². The summed E-state index contributed by atoms with van der Waals surface area (Å²) in [6, 6.07) is 25.4. The Morgan fingerprint density at radius 3 is 1.93 bits per heavy atom. The highest BCUT2D eigenvalue weighted by Crippen LogP contribution is 2.56. The molecule has 8 aromatic rings. The summed E-state index contributed by atoms with van der Waals surface area (Å²) >= 11 is 0. The summed E-state index contributed by atoms with van der Waals surface area (Å²) in [4.78, 5) is 0. The lowest BCUT2D eigenvalue weighted by atomic mass is 9.88. The lowest BCUT2D eigenvalue weighted by molar-refractivity contribution is 1.24. The summed E-state index contributed by atoms with van der Waals surface area (Å²) in [5.41, 5.74) is 4.54. The van der Waals surface area contributed by atoms with E-state index in [1.807, 2.05) is 0 Å². The van der Waals surface area contributed by atoms with E-state index in [0.717, 1.165) is 6.42 Å². The molecule has 0 heterocycles. The summed E-state index contributed by atoms with van der Waals surface area (Å²) in [6.45, 7) is 2.37. The maximum Gasteiger partial charge on any atom is -0.000398 e. The van der Waals surface area contributed by atoms with Crippen LogP contribution in [0.2, 0.25) is 0 Å². The number of benzene rings is 7. The second kappa shape index (κ2) is 4.27. The van der Waals surface area contributed by atoms with Crippen LogP contribution in [0, 0.1) is 6.92 Å². The van der Waals surface area contributed by atoms with Crippen LogP contribution >= 0.6 is 0 Å². The molecule has 30 heavy (non-hydrogen) atoms. The number of hydrogen-bond donors (Lipinski definition) is 0. The van der Waals surface area contributed by atoms with Gasteiger partial charge in [0.1, 0.15) is 0 Å². The smallest absolute Gasteiger partial charge is 0.000398 e. The largest absolute Gasteiger partial charge is 0.0616 e. The predicted octanol–water partition coefficient (Wildman–Crippen LogP) is 8.29. The fourth-order valence-corrected chi connectivity index (χ4v) is 7.04. The van der Waals surface area contributed by atoms with Crippen LogP contribution in [-0.2, 0) is 6.42 Å². The standard InChI is InChI=1S/C30H16/c1-14-22-13-16-5-4-8-19-21-12-10-15-9-11-20-17-6-2-3-7-18(17)23(14)29-26(20)25(15)27(21)30(29)28(22)24(16)19/h2-12H,13H2,1H3. The summed E-state index contributed by atoms with van der Waals surface area (Å²) < 4.78 is 0. The van der Waals surface area contributed by atoms with Gasteiger partial charge in [-0.15, -0.1) is 0 Å². The van der Waals surface area contributed by atoms with E-state index < -0.39 is 0 Å². The van der Waals surface area contributed by atoms with Crippen molar-refractivity contribution in [3.8, 4) is 0 Å². The summed E-state index contributed by atoms with van der Waals surface area (Å²) in [7, 11) is 0. The lowest BCUT2D eigenvalue weighted by Gasteiger charge is -2.15. The first-order valence-corrected chi connectivity index (χ1v) is 10.8. The Labute approximate surface area is 172 Å². The second-order valence-electron chi connectivity index (χ2n) is 9.24.